The lowest BCUT2D eigenvalue weighted by Crippen LogP contribution is -2.24. The summed E-state index contributed by atoms with van der Waals surface area (Å²) in [5.41, 5.74) is 3.63. The van der Waals surface area contributed by atoms with Gasteiger partial charge in [0.1, 0.15) is 17.2 Å². The van der Waals surface area contributed by atoms with Crippen molar-refractivity contribution < 1.29 is 19.4 Å². The van der Waals surface area contributed by atoms with Crippen LogP contribution in [0.15, 0.2) is 42.2 Å². The number of likely N-dealkylation sites (tertiary alicyclic amines) is 1. The van der Waals surface area contributed by atoms with E-state index in [1.54, 1.807) is 13.2 Å². The number of nitrogens with zero attached hydrogens (tertiary/aromatic N) is 2. The fourth-order valence-electron chi connectivity index (χ4n) is 4.64. The summed E-state index contributed by atoms with van der Waals surface area (Å²) >= 11 is 0. The van der Waals surface area contributed by atoms with Gasteiger partial charge in [-0.05, 0) is 69.3 Å². The number of fused-ring (bicyclic) bond motifs is 2. The number of hydrogen-bond acceptors (Lipinski definition) is 5. The van der Waals surface area contributed by atoms with E-state index in [4.69, 9.17) is 9.47 Å². The molecule has 0 saturated carbocycles. The van der Waals surface area contributed by atoms with Gasteiger partial charge in [0.15, 0.2) is 5.76 Å². The zero-order valence-corrected chi connectivity index (χ0v) is 17.9. The minimum atomic E-state index is -0.171. The zero-order chi connectivity index (χ0) is 21.5. The molecule has 0 aliphatic carbocycles. The Balaban J connectivity index is 1.57. The number of aromatic nitrogens is 1. The van der Waals surface area contributed by atoms with E-state index in [1.807, 2.05) is 18.2 Å². The van der Waals surface area contributed by atoms with Gasteiger partial charge in [0.25, 0.3) is 0 Å². The number of allylic oxidation sites excluding steroid dienone is 1. The molecular formula is C25H26N2O4. The van der Waals surface area contributed by atoms with E-state index < -0.39 is 0 Å². The number of rotatable bonds is 5. The van der Waals surface area contributed by atoms with E-state index in [0.29, 0.717) is 11.3 Å². The minimum absolute atomic E-state index is 0.0761. The van der Waals surface area contributed by atoms with Crippen molar-refractivity contribution in [2.45, 2.75) is 26.3 Å². The van der Waals surface area contributed by atoms with Crippen LogP contribution in [-0.4, -0.2) is 47.1 Å². The summed E-state index contributed by atoms with van der Waals surface area (Å²) in [7, 11) is 1.66. The van der Waals surface area contributed by atoms with Crippen molar-refractivity contribution in [3.8, 4) is 17.2 Å². The molecule has 31 heavy (non-hydrogen) atoms. The maximum absolute atomic E-state index is 12.9. The zero-order valence-electron chi connectivity index (χ0n) is 17.9. The van der Waals surface area contributed by atoms with Crippen LogP contribution >= 0.6 is 0 Å². The van der Waals surface area contributed by atoms with Crippen LogP contribution in [0, 0.1) is 6.92 Å². The topological polar surface area (TPSA) is 63.9 Å². The largest absolute Gasteiger partial charge is 0.508 e. The van der Waals surface area contributed by atoms with Crippen molar-refractivity contribution in [1.82, 2.24) is 9.47 Å². The highest BCUT2D eigenvalue weighted by Crippen LogP contribution is 2.37. The van der Waals surface area contributed by atoms with Gasteiger partial charge in [-0.1, -0.05) is 0 Å². The fourth-order valence-corrected chi connectivity index (χ4v) is 4.64. The van der Waals surface area contributed by atoms with Crippen LogP contribution in [-0.2, 0) is 6.54 Å². The number of Topliss-reactive ketones (excluding diaryl/α,β-unsaturated/α-hetero) is 1. The summed E-state index contributed by atoms with van der Waals surface area (Å²) < 4.78 is 13.6. The Kier molecular flexibility index (Phi) is 4.94. The molecule has 1 N–H and O–H groups in total. The molecule has 160 valence electrons. The van der Waals surface area contributed by atoms with E-state index in [2.05, 4.69) is 22.5 Å². The van der Waals surface area contributed by atoms with E-state index in [-0.39, 0.29) is 17.3 Å². The lowest BCUT2D eigenvalue weighted by molar-refractivity contribution is 0.101. The first-order valence-corrected chi connectivity index (χ1v) is 10.7. The molecule has 6 nitrogen and oxygen atoms in total. The second-order valence-corrected chi connectivity index (χ2v) is 8.20. The summed E-state index contributed by atoms with van der Waals surface area (Å²) in [5.74, 6) is 1.34. The summed E-state index contributed by atoms with van der Waals surface area (Å²) in [5, 5.41) is 10.8. The summed E-state index contributed by atoms with van der Waals surface area (Å²) in [4.78, 5) is 15.4. The summed E-state index contributed by atoms with van der Waals surface area (Å²) in [6.45, 7) is 6.31. The predicted molar refractivity (Wildman–Crippen MR) is 120 cm³/mol. The van der Waals surface area contributed by atoms with Crippen LogP contribution < -0.4 is 9.47 Å². The van der Waals surface area contributed by atoms with Crippen LogP contribution in [0.4, 0.5) is 0 Å². The van der Waals surface area contributed by atoms with Gasteiger partial charge in [0.2, 0.25) is 5.78 Å². The predicted octanol–water partition coefficient (Wildman–Crippen LogP) is 4.38. The SMILES string of the molecule is COc1ccc2c(c1)c(/C=C1\Oc3cc(O)ccc3C1=O)c(C)n2CCN1CCCC1. The summed E-state index contributed by atoms with van der Waals surface area (Å²) in [6.07, 6.45) is 4.37. The van der Waals surface area contributed by atoms with Gasteiger partial charge in [0.05, 0.1) is 12.7 Å². The molecule has 2 aliphatic rings. The molecule has 5 rings (SSSR count). The minimum Gasteiger partial charge on any atom is -0.508 e. The molecule has 0 bridgehead atoms. The molecule has 1 aromatic heterocycles. The standard InChI is InChI=1S/C25H26N2O4/c1-16-20(15-24-25(29)19-7-5-17(28)13-23(19)31-24)21-14-18(30-2)6-8-22(21)27(16)12-11-26-9-3-4-10-26/h5-8,13-15,28H,3-4,9-12H2,1-2H3/b24-15-. The van der Waals surface area contributed by atoms with Crippen molar-refractivity contribution in [1.29, 1.82) is 0 Å². The molecule has 2 aliphatic heterocycles. The van der Waals surface area contributed by atoms with Crippen molar-refractivity contribution in [3.05, 3.63) is 59.0 Å². The van der Waals surface area contributed by atoms with Gasteiger partial charge in [-0.2, -0.15) is 0 Å². The molecule has 0 unspecified atom stereocenters. The Hall–Kier alpha value is -3.25. The highest BCUT2D eigenvalue weighted by atomic mass is 16.5. The number of carbonyl (C=O) groups excluding carboxylic acids is 1. The molecule has 1 fully saturated rings. The van der Waals surface area contributed by atoms with Gasteiger partial charge in [-0.25, -0.2) is 0 Å². The number of aromatic hydroxyl groups is 1. The van der Waals surface area contributed by atoms with E-state index in [1.165, 1.54) is 25.0 Å². The molecule has 3 heterocycles. The number of ketones is 1. The molecule has 0 amide bonds. The van der Waals surface area contributed by atoms with E-state index >= 15 is 0 Å². The number of benzene rings is 2. The van der Waals surface area contributed by atoms with Crippen molar-refractivity contribution in [2.75, 3.05) is 26.7 Å². The Morgan fingerprint density at radius 1 is 1.13 bits per heavy atom. The van der Waals surface area contributed by atoms with Crippen LogP contribution in [0.1, 0.15) is 34.5 Å². The highest BCUT2D eigenvalue weighted by Gasteiger charge is 2.28. The third-order valence-corrected chi connectivity index (χ3v) is 6.35. The Morgan fingerprint density at radius 3 is 2.71 bits per heavy atom. The maximum Gasteiger partial charge on any atom is 0.231 e. The number of hydrogen-bond donors (Lipinski definition) is 1. The smallest absolute Gasteiger partial charge is 0.231 e. The normalized spacial score (nSPS) is 17.5. The fraction of sp³-hybridized carbons (Fsp3) is 0.320. The monoisotopic (exact) mass is 418 g/mol. The van der Waals surface area contributed by atoms with E-state index in [0.717, 1.165) is 54.1 Å². The first-order chi connectivity index (χ1) is 15.0. The molecule has 6 heteroatoms. The average Bonchev–Trinajstić information content (AvgIpc) is 3.45. The second-order valence-electron chi connectivity index (χ2n) is 8.20. The number of carbonyl (C=O) groups is 1. The Labute approximate surface area is 181 Å². The maximum atomic E-state index is 12.9. The third-order valence-electron chi connectivity index (χ3n) is 6.35. The van der Waals surface area contributed by atoms with E-state index in [9.17, 15) is 9.90 Å². The molecule has 3 aromatic rings. The molecule has 0 radical (unpaired) electrons. The van der Waals surface area contributed by atoms with Gasteiger partial charge in [-0.15, -0.1) is 0 Å². The van der Waals surface area contributed by atoms with Gasteiger partial charge >= 0.3 is 0 Å². The molecule has 0 atom stereocenters. The Bertz CT molecular complexity index is 1200. The Morgan fingerprint density at radius 2 is 1.94 bits per heavy atom. The molecule has 0 spiro atoms. The summed E-state index contributed by atoms with van der Waals surface area (Å²) in [6, 6.07) is 10.6. The van der Waals surface area contributed by atoms with Crippen LogP contribution in [0.3, 0.4) is 0 Å². The molecule has 1 saturated heterocycles. The number of phenols is 1. The van der Waals surface area contributed by atoms with Crippen molar-refractivity contribution in [3.63, 3.8) is 0 Å². The highest BCUT2D eigenvalue weighted by molar-refractivity contribution is 6.15. The quantitative estimate of drug-likeness (QED) is 0.623. The van der Waals surface area contributed by atoms with Crippen molar-refractivity contribution in [2.24, 2.45) is 0 Å². The number of methoxy groups -OCH3 is 1. The van der Waals surface area contributed by atoms with Gasteiger partial charge in [-0.3, -0.25) is 4.79 Å². The van der Waals surface area contributed by atoms with Gasteiger partial charge < -0.3 is 24.0 Å². The first kappa shape index (κ1) is 19.7. The third kappa shape index (κ3) is 3.47. The molecular weight excluding hydrogens is 392 g/mol. The lowest BCUT2D eigenvalue weighted by atomic mass is 10.1. The molecule has 2 aromatic carbocycles. The number of phenolic OH excluding ortho intramolecular Hbond substituents is 1. The van der Waals surface area contributed by atoms with Crippen LogP contribution in [0.5, 0.6) is 17.2 Å². The lowest BCUT2D eigenvalue weighted by Gasteiger charge is -2.16. The second kappa shape index (κ2) is 7.78. The first-order valence-electron chi connectivity index (χ1n) is 10.7. The number of ether oxygens (including phenoxy) is 2. The van der Waals surface area contributed by atoms with Gasteiger partial charge in [0, 0.05) is 41.3 Å². The average molecular weight is 418 g/mol. The van der Waals surface area contributed by atoms with Crippen LogP contribution in [0.25, 0.3) is 17.0 Å². The van der Waals surface area contributed by atoms with Crippen LogP contribution in [0.2, 0.25) is 0 Å². The van der Waals surface area contributed by atoms with Crippen molar-refractivity contribution >= 4 is 22.8 Å².